The van der Waals surface area contributed by atoms with Crippen molar-refractivity contribution in [1.82, 2.24) is 14.9 Å². The van der Waals surface area contributed by atoms with Crippen LogP contribution in [0.2, 0.25) is 0 Å². The summed E-state index contributed by atoms with van der Waals surface area (Å²) >= 11 is 0. The van der Waals surface area contributed by atoms with Gasteiger partial charge in [-0.25, -0.2) is 9.78 Å². The molecule has 0 aromatic carbocycles. The second-order valence-corrected chi connectivity index (χ2v) is 3.55. The molecule has 0 atom stereocenters. The van der Waals surface area contributed by atoms with Gasteiger partial charge in [0.25, 0.3) is 0 Å². The minimum absolute atomic E-state index is 0.329. The summed E-state index contributed by atoms with van der Waals surface area (Å²) < 4.78 is 6.66. The number of nitrogens with zero attached hydrogens (tertiary/aromatic N) is 2. The zero-order chi connectivity index (χ0) is 11.4. The molecule has 2 rings (SSSR count). The Labute approximate surface area is 93.1 Å². The average molecular weight is 221 g/mol. The van der Waals surface area contributed by atoms with Crippen LogP contribution in [0.15, 0.2) is 27.5 Å². The van der Waals surface area contributed by atoms with Crippen LogP contribution in [0.3, 0.4) is 0 Å². The molecule has 0 saturated heterocycles. The van der Waals surface area contributed by atoms with Gasteiger partial charge < -0.3 is 9.73 Å². The second-order valence-electron chi connectivity index (χ2n) is 3.55. The lowest BCUT2D eigenvalue weighted by Crippen LogP contribution is -2.20. The van der Waals surface area contributed by atoms with Crippen molar-refractivity contribution < 1.29 is 4.42 Å². The van der Waals surface area contributed by atoms with E-state index in [4.69, 9.17) is 4.42 Å². The van der Waals surface area contributed by atoms with Gasteiger partial charge in [0, 0.05) is 12.7 Å². The van der Waals surface area contributed by atoms with E-state index in [1.165, 1.54) is 0 Å². The third kappa shape index (κ3) is 2.14. The van der Waals surface area contributed by atoms with Crippen LogP contribution in [0, 0.1) is 0 Å². The lowest BCUT2D eigenvalue weighted by molar-refractivity contribution is 0.491. The second kappa shape index (κ2) is 4.94. The summed E-state index contributed by atoms with van der Waals surface area (Å²) in [4.78, 5) is 15.7. The molecule has 5 heteroatoms. The van der Waals surface area contributed by atoms with Crippen LogP contribution < -0.4 is 11.1 Å². The number of hydrogen-bond donors (Lipinski definition) is 1. The smallest absolute Gasteiger partial charge is 0.406 e. The van der Waals surface area contributed by atoms with E-state index < -0.39 is 0 Å². The number of pyridine rings is 1. The monoisotopic (exact) mass is 221 g/mol. The Bertz CT molecular complexity index is 515. The van der Waals surface area contributed by atoms with Crippen LogP contribution in [0.25, 0.3) is 11.2 Å². The standard InChI is InChI=1S/C11H15N3O2/c1-2-12-6-4-8-14-10-9(16-11(14)15)5-3-7-13-10/h3,5,7,12H,2,4,6,8H2,1H3. The maximum Gasteiger partial charge on any atom is 0.421 e. The van der Waals surface area contributed by atoms with Crippen LogP contribution in [-0.4, -0.2) is 22.6 Å². The molecule has 0 aliphatic rings. The van der Waals surface area contributed by atoms with Gasteiger partial charge >= 0.3 is 5.76 Å². The van der Waals surface area contributed by atoms with Crippen molar-refractivity contribution >= 4 is 11.2 Å². The predicted molar refractivity (Wildman–Crippen MR) is 61.4 cm³/mol. The highest BCUT2D eigenvalue weighted by Gasteiger charge is 2.08. The lowest BCUT2D eigenvalue weighted by Gasteiger charge is -2.01. The van der Waals surface area contributed by atoms with E-state index in [0.29, 0.717) is 17.8 Å². The summed E-state index contributed by atoms with van der Waals surface area (Å²) in [6.07, 6.45) is 2.55. The van der Waals surface area contributed by atoms with Crippen molar-refractivity contribution in [3.63, 3.8) is 0 Å². The molecule has 0 aliphatic heterocycles. The topological polar surface area (TPSA) is 60.1 Å². The first-order chi connectivity index (χ1) is 7.83. The fraction of sp³-hybridized carbons (Fsp3) is 0.455. The summed E-state index contributed by atoms with van der Waals surface area (Å²) in [6.45, 7) is 4.53. The first-order valence-corrected chi connectivity index (χ1v) is 5.48. The van der Waals surface area contributed by atoms with Crippen molar-refractivity contribution in [2.24, 2.45) is 0 Å². The first-order valence-electron chi connectivity index (χ1n) is 5.48. The summed E-state index contributed by atoms with van der Waals surface area (Å²) in [5.74, 6) is -0.329. The van der Waals surface area contributed by atoms with Crippen molar-refractivity contribution in [2.75, 3.05) is 13.1 Å². The van der Waals surface area contributed by atoms with Gasteiger partial charge in [0.2, 0.25) is 0 Å². The lowest BCUT2D eigenvalue weighted by atomic mass is 10.4. The van der Waals surface area contributed by atoms with E-state index in [0.717, 1.165) is 19.5 Å². The minimum atomic E-state index is -0.329. The highest BCUT2D eigenvalue weighted by molar-refractivity contribution is 5.67. The average Bonchev–Trinajstić information content (AvgIpc) is 2.61. The zero-order valence-electron chi connectivity index (χ0n) is 9.27. The molecule has 1 N–H and O–H groups in total. The molecule has 2 aromatic rings. The quantitative estimate of drug-likeness (QED) is 0.765. The van der Waals surface area contributed by atoms with Gasteiger partial charge in [0.15, 0.2) is 11.2 Å². The third-order valence-corrected chi connectivity index (χ3v) is 2.41. The minimum Gasteiger partial charge on any atom is -0.406 e. The van der Waals surface area contributed by atoms with E-state index in [9.17, 15) is 4.79 Å². The molecule has 86 valence electrons. The molecular weight excluding hydrogens is 206 g/mol. The van der Waals surface area contributed by atoms with E-state index in [2.05, 4.69) is 17.2 Å². The Balaban J connectivity index is 2.16. The fourth-order valence-electron chi connectivity index (χ4n) is 1.64. The van der Waals surface area contributed by atoms with Gasteiger partial charge in [0.1, 0.15) is 0 Å². The van der Waals surface area contributed by atoms with Crippen LogP contribution in [0.1, 0.15) is 13.3 Å². The molecule has 0 bridgehead atoms. The van der Waals surface area contributed by atoms with Gasteiger partial charge in [-0.2, -0.15) is 0 Å². The molecule has 0 saturated carbocycles. The van der Waals surface area contributed by atoms with Crippen LogP contribution >= 0.6 is 0 Å². The summed E-state index contributed by atoms with van der Waals surface area (Å²) in [5.41, 5.74) is 1.18. The van der Waals surface area contributed by atoms with E-state index in [1.54, 1.807) is 22.9 Å². The Hall–Kier alpha value is -1.62. The van der Waals surface area contributed by atoms with Crippen molar-refractivity contribution in [3.05, 3.63) is 28.9 Å². The van der Waals surface area contributed by atoms with Crippen molar-refractivity contribution in [3.8, 4) is 0 Å². The molecule has 0 fully saturated rings. The van der Waals surface area contributed by atoms with E-state index in [-0.39, 0.29) is 5.76 Å². The van der Waals surface area contributed by atoms with Crippen LogP contribution in [0.4, 0.5) is 0 Å². The van der Waals surface area contributed by atoms with Gasteiger partial charge in [0.05, 0.1) is 0 Å². The molecule has 2 heterocycles. The largest absolute Gasteiger partial charge is 0.421 e. The van der Waals surface area contributed by atoms with Crippen molar-refractivity contribution in [1.29, 1.82) is 0 Å². The maximum atomic E-state index is 11.5. The highest BCUT2D eigenvalue weighted by Crippen LogP contribution is 2.08. The normalized spacial score (nSPS) is 11.1. The Morgan fingerprint density at radius 3 is 3.25 bits per heavy atom. The van der Waals surface area contributed by atoms with Gasteiger partial charge in [-0.15, -0.1) is 0 Å². The van der Waals surface area contributed by atoms with Crippen LogP contribution in [0.5, 0.6) is 0 Å². The molecule has 2 aromatic heterocycles. The van der Waals surface area contributed by atoms with Gasteiger partial charge in [-0.1, -0.05) is 6.92 Å². The van der Waals surface area contributed by atoms with E-state index in [1.807, 2.05) is 0 Å². The van der Waals surface area contributed by atoms with E-state index >= 15 is 0 Å². The number of nitrogens with one attached hydrogen (secondary N) is 1. The summed E-state index contributed by atoms with van der Waals surface area (Å²) in [5, 5.41) is 3.21. The first kappa shape index (κ1) is 10.9. The van der Waals surface area contributed by atoms with Crippen molar-refractivity contribution in [2.45, 2.75) is 19.9 Å². The number of hydrogen-bond acceptors (Lipinski definition) is 4. The summed E-state index contributed by atoms with van der Waals surface area (Å²) in [7, 11) is 0. The Morgan fingerprint density at radius 1 is 1.56 bits per heavy atom. The molecule has 16 heavy (non-hydrogen) atoms. The molecule has 0 spiro atoms. The molecule has 0 radical (unpaired) electrons. The van der Waals surface area contributed by atoms with Gasteiger partial charge in [-0.05, 0) is 31.6 Å². The Kier molecular flexibility index (Phi) is 3.36. The zero-order valence-corrected chi connectivity index (χ0v) is 9.27. The molecule has 0 amide bonds. The number of fused-ring (bicyclic) bond motifs is 1. The number of aromatic nitrogens is 2. The highest BCUT2D eigenvalue weighted by atomic mass is 16.4. The van der Waals surface area contributed by atoms with Crippen LogP contribution in [-0.2, 0) is 6.54 Å². The van der Waals surface area contributed by atoms with Gasteiger partial charge in [-0.3, -0.25) is 4.57 Å². The fourth-order valence-corrected chi connectivity index (χ4v) is 1.64. The molecule has 5 nitrogen and oxygen atoms in total. The number of aryl methyl sites for hydroxylation is 1. The predicted octanol–water partition coefficient (Wildman–Crippen LogP) is 0.989. The Morgan fingerprint density at radius 2 is 2.44 bits per heavy atom. The SMILES string of the molecule is CCNCCCn1c(=O)oc2cccnc21. The number of rotatable bonds is 5. The molecule has 0 unspecified atom stereocenters. The number of oxazole rings is 1. The summed E-state index contributed by atoms with van der Waals surface area (Å²) in [6, 6.07) is 3.51. The third-order valence-electron chi connectivity index (χ3n) is 2.41. The molecular formula is C11H15N3O2. The maximum absolute atomic E-state index is 11.5. The molecule has 0 aliphatic carbocycles.